The van der Waals surface area contributed by atoms with Gasteiger partial charge in [-0.1, -0.05) is 36.4 Å². The van der Waals surface area contributed by atoms with Crippen molar-refractivity contribution in [2.24, 2.45) is 0 Å². The van der Waals surface area contributed by atoms with Crippen LogP contribution in [0.5, 0.6) is 0 Å². The number of aromatic amines is 1. The largest absolute Gasteiger partial charge is 0.461 e. The van der Waals surface area contributed by atoms with E-state index in [2.05, 4.69) is 4.98 Å². The molecule has 144 valence electrons. The highest BCUT2D eigenvalue weighted by molar-refractivity contribution is 6.42. The third kappa shape index (κ3) is 2.76. The molecule has 2 aromatic heterocycles. The van der Waals surface area contributed by atoms with Crippen LogP contribution >= 0.6 is 0 Å². The summed E-state index contributed by atoms with van der Waals surface area (Å²) in [5, 5.41) is 1.05. The number of furan rings is 1. The van der Waals surface area contributed by atoms with Crippen molar-refractivity contribution in [3.8, 4) is 0 Å². The molecule has 1 amide bonds. The van der Waals surface area contributed by atoms with E-state index in [0.717, 1.165) is 22.2 Å². The third-order valence-electron chi connectivity index (χ3n) is 5.43. The predicted octanol–water partition coefficient (Wildman–Crippen LogP) is 4.26. The Hall–Kier alpha value is -3.67. The number of carbonyl (C=O) groups excluding carboxylic acids is 2. The number of nitrogens with one attached hydrogen (secondary N) is 1. The second kappa shape index (κ2) is 6.74. The Morgan fingerprint density at radius 3 is 2.62 bits per heavy atom. The Morgan fingerprint density at radius 2 is 1.83 bits per heavy atom. The number of para-hydroxylation sites is 1. The van der Waals surface area contributed by atoms with Gasteiger partial charge in [0, 0.05) is 28.7 Å². The molecule has 1 aliphatic rings. The van der Waals surface area contributed by atoms with Crippen LogP contribution in [0, 0.1) is 5.82 Å². The van der Waals surface area contributed by atoms with Gasteiger partial charge in [0.25, 0.3) is 11.7 Å². The Kier molecular flexibility index (Phi) is 4.05. The number of rotatable bonds is 3. The highest BCUT2D eigenvalue weighted by atomic mass is 19.1. The van der Waals surface area contributed by atoms with Crippen molar-refractivity contribution in [2.75, 3.05) is 6.54 Å². The second-order valence-corrected chi connectivity index (χ2v) is 7.04. The minimum atomic E-state index is -0.740. The van der Waals surface area contributed by atoms with Crippen LogP contribution in [0.25, 0.3) is 10.9 Å². The van der Waals surface area contributed by atoms with Gasteiger partial charge in [-0.05, 0) is 36.2 Å². The Balaban J connectivity index is 1.66. The van der Waals surface area contributed by atoms with Gasteiger partial charge >= 0.3 is 0 Å². The molecule has 1 unspecified atom stereocenters. The molecule has 0 aliphatic carbocycles. The molecule has 1 aliphatic heterocycles. The van der Waals surface area contributed by atoms with Gasteiger partial charge in [-0.25, -0.2) is 4.39 Å². The van der Waals surface area contributed by atoms with E-state index in [-0.39, 0.29) is 5.76 Å². The van der Waals surface area contributed by atoms with Crippen LogP contribution < -0.4 is 0 Å². The van der Waals surface area contributed by atoms with Crippen LogP contribution in [0.3, 0.4) is 0 Å². The van der Waals surface area contributed by atoms with Crippen molar-refractivity contribution in [3.63, 3.8) is 0 Å². The molecule has 2 aromatic carbocycles. The fourth-order valence-corrected chi connectivity index (χ4v) is 4.12. The fraction of sp³-hybridized carbons (Fsp3) is 0.130. The molecule has 1 atom stereocenters. The maximum atomic E-state index is 14.8. The number of Topliss-reactive ketones (excluding diaryl/α,β-unsaturated/α-hetero) is 1. The first-order chi connectivity index (χ1) is 14.1. The monoisotopic (exact) mass is 388 g/mol. The molecule has 0 radical (unpaired) electrons. The number of hydrogen-bond donors (Lipinski definition) is 1. The van der Waals surface area contributed by atoms with Crippen LogP contribution in [0.1, 0.15) is 33.4 Å². The molecule has 0 saturated carbocycles. The van der Waals surface area contributed by atoms with Crippen LogP contribution in [0.2, 0.25) is 0 Å². The summed E-state index contributed by atoms with van der Waals surface area (Å²) >= 11 is 0. The quantitative estimate of drug-likeness (QED) is 0.421. The van der Waals surface area contributed by atoms with Gasteiger partial charge in [0.1, 0.15) is 11.9 Å². The Bertz CT molecular complexity index is 1230. The number of fused-ring (bicyclic) bond motifs is 3. The molecule has 4 aromatic rings. The van der Waals surface area contributed by atoms with Crippen molar-refractivity contribution >= 4 is 22.6 Å². The normalized spacial score (nSPS) is 16.0. The summed E-state index contributed by atoms with van der Waals surface area (Å²) in [4.78, 5) is 30.5. The van der Waals surface area contributed by atoms with E-state index in [0.29, 0.717) is 18.5 Å². The van der Waals surface area contributed by atoms with Gasteiger partial charge < -0.3 is 14.3 Å². The Labute approximate surface area is 165 Å². The number of nitrogens with zero attached hydrogens (tertiary/aromatic N) is 1. The molecule has 5 nitrogen and oxygen atoms in total. The first kappa shape index (κ1) is 17.4. The molecule has 0 spiro atoms. The average molecular weight is 388 g/mol. The zero-order valence-corrected chi connectivity index (χ0v) is 15.4. The van der Waals surface area contributed by atoms with Crippen molar-refractivity contribution in [1.29, 1.82) is 0 Å². The molecule has 3 heterocycles. The second-order valence-electron chi connectivity index (χ2n) is 7.04. The lowest BCUT2D eigenvalue weighted by Crippen LogP contribution is -2.44. The van der Waals surface area contributed by atoms with E-state index in [1.165, 1.54) is 23.3 Å². The zero-order valence-electron chi connectivity index (χ0n) is 15.4. The lowest BCUT2D eigenvalue weighted by atomic mass is 9.91. The molecule has 0 fully saturated rings. The zero-order chi connectivity index (χ0) is 20.0. The predicted molar refractivity (Wildman–Crippen MR) is 105 cm³/mol. The summed E-state index contributed by atoms with van der Waals surface area (Å²) in [7, 11) is 0. The maximum Gasteiger partial charge on any atom is 0.299 e. The van der Waals surface area contributed by atoms with Gasteiger partial charge in [-0.2, -0.15) is 0 Å². The molecule has 29 heavy (non-hydrogen) atoms. The average Bonchev–Trinajstić information content (AvgIpc) is 3.40. The van der Waals surface area contributed by atoms with Gasteiger partial charge in [0.2, 0.25) is 0 Å². The molecular weight excluding hydrogens is 371 g/mol. The van der Waals surface area contributed by atoms with Gasteiger partial charge in [-0.15, -0.1) is 0 Å². The number of H-pyrrole nitrogens is 1. The third-order valence-corrected chi connectivity index (χ3v) is 5.43. The van der Waals surface area contributed by atoms with Crippen molar-refractivity contribution in [2.45, 2.75) is 12.5 Å². The number of carbonyl (C=O) groups is 2. The highest BCUT2D eigenvalue weighted by Gasteiger charge is 2.38. The number of hydrogen-bond acceptors (Lipinski definition) is 3. The van der Waals surface area contributed by atoms with E-state index in [4.69, 9.17) is 4.42 Å². The van der Waals surface area contributed by atoms with E-state index in [1.54, 1.807) is 24.3 Å². The smallest absolute Gasteiger partial charge is 0.299 e. The van der Waals surface area contributed by atoms with Crippen molar-refractivity contribution in [1.82, 2.24) is 9.88 Å². The topological polar surface area (TPSA) is 66.3 Å². The van der Waals surface area contributed by atoms with Gasteiger partial charge in [0.15, 0.2) is 5.76 Å². The SMILES string of the molecule is O=C(C(=O)N1CCc2c([nH]c3ccccc23)C1c1ccccc1F)c1ccco1. The van der Waals surface area contributed by atoms with E-state index in [1.807, 2.05) is 24.3 Å². The van der Waals surface area contributed by atoms with Crippen LogP contribution in [-0.2, 0) is 11.2 Å². The summed E-state index contributed by atoms with van der Waals surface area (Å²) in [5.41, 5.74) is 3.05. The number of benzene rings is 2. The molecule has 1 N–H and O–H groups in total. The van der Waals surface area contributed by atoms with Crippen molar-refractivity contribution in [3.05, 3.63) is 95.3 Å². The summed E-state index contributed by atoms with van der Waals surface area (Å²) in [6.07, 6.45) is 1.92. The summed E-state index contributed by atoms with van der Waals surface area (Å²) in [6, 6.07) is 16.5. The lowest BCUT2D eigenvalue weighted by Gasteiger charge is -2.35. The first-order valence-electron chi connectivity index (χ1n) is 9.38. The number of ketones is 1. The Morgan fingerprint density at radius 1 is 1.03 bits per heavy atom. The summed E-state index contributed by atoms with van der Waals surface area (Å²) < 4.78 is 19.9. The van der Waals surface area contributed by atoms with Crippen LogP contribution in [-0.4, -0.2) is 28.1 Å². The minimum Gasteiger partial charge on any atom is -0.461 e. The van der Waals surface area contributed by atoms with E-state index >= 15 is 0 Å². The standard InChI is InChI=1S/C23H17FN2O3/c24-17-8-3-1-7-16(17)21-20-15(14-6-2-4-9-18(14)25-20)11-12-26(21)23(28)22(27)19-10-5-13-29-19/h1-10,13,21,25H,11-12H2. The number of halogens is 1. The molecule has 6 heteroatoms. The van der Waals surface area contributed by atoms with Gasteiger partial charge in [-0.3, -0.25) is 9.59 Å². The summed E-state index contributed by atoms with van der Waals surface area (Å²) in [5.74, 6) is -1.90. The lowest BCUT2D eigenvalue weighted by molar-refractivity contribution is -0.128. The van der Waals surface area contributed by atoms with Crippen LogP contribution in [0.4, 0.5) is 4.39 Å². The van der Waals surface area contributed by atoms with E-state index in [9.17, 15) is 14.0 Å². The molecule has 0 bridgehead atoms. The minimum absolute atomic E-state index is 0.0234. The fourth-order valence-electron chi connectivity index (χ4n) is 4.12. The molecule has 0 saturated heterocycles. The highest BCUT2D eigenvalue weighted by Crippen LogP contribution is 2.39. The number of aromatic nitrogens is 1. The summed E-state index contributed by atoms with van der Waals surface area (Å²) in [6.45, 7) is 0.305. The van der Waals surface area contributed by atoms with Gasteiger partial charge in [0.05, 0.1) is 6.26 Å². The first-order valence-corrected chi connectivity index (χ1v) is 9.38. The van der Waals surface area contributed by atoms with Crippen LogP contribution in [0.15, 0.2) is 71.3 Å². The maximum absolute atomic E-state index is 14.8. The van der Waals surface area contributed by atoms with E-state index < -0.39 is 23.5 Å². The molecular formula is C23H17FN2O3. The number of amides is 1. The van der Waals surface area contributed by atoms with Crippen molar-refractivity contribution < 1.29 is 18.4 Å². The molecule has 5 rings (SSSR count).